The number of sulfonamides is 1. The van der Waals surface area contributed by atoms with Gasteiger partial charge in [0.2, 0.25) is 15.9 Å². The number of aliphatic carboxylic acids is 1. The Morgan fingerprint density at radius 2 is 1.68 bits per heavy atom. The Bertz CT molecular complexity index is 731. The van der Waals surface area contributed by atoms with E-state index in [1.165, 1.54) is 40.1 Å². The van der Waals surface area contributed by atoms with E-state index in [-0.39, 0.29) is 30.2 Å². The number of hydrogen-bond donors (Lipinski definition) is 1. The standard InChI is InChI=1S/C16H23FN2O5S/c1-16(2,15(21)22)19(4)14(20)6-5-11-18(3)25(23,24)13-9-7-12(17)8-10-13/h7-10H,5-6,11H2,1-4H3,(H,21,22). The van der Waals surface area contributed by atoms with Crippen LogP contribution in [0.4, 0.5) is 4.39 Å². The fourth-order valence-electron chi connectivity index (χ4n) is 1.98. The number of halogens is 1. The van der Waals surface area contributed by atoms with Gasteiger partial charge in [-0.25, -0.2) is 21.9 Å². The molecule has 1 N–H and O–H groups in total. The molecule has 1 amide bonds. The first-order chi connectivity index (χ1) is 11.4. The van der Waals surface area contributed by atoms with E-state index in [1.54, 1.807) is 0 Å². The van der Waals surface area contributed by atoms with Crippen molar-refractivity contribution in [3.05, 3.63) is 30.1 Å². The van der Waals surface area contributed by atoms with Gasteiger partial charge in [-0.2, -0.15) is 0 Å². The molecule has 7 nitrogen and oxygen atoms in total. The summed E-state index contributed by atoms with van der Waals surface area (Å²) >= 11 is 0. The molecule has 140 valence electrons. The van der Waals surface area contributed by atoms with Crippen LogP contribution in [0.2, 0.25) is 0 Å². The molecule has 0 fully saturated rings. The lowest BCUT2D eigenvalue weighted by atomic mass is 10.0. The minimum atomic E-state index is -3.77. The van der Waals surface area contributed by atoms with Gasteiger partial charge < -0.3 is 10.0 Å². The van der Waals surface area contributed by atoms with E-state index in [2.05, 4.69) is 0 Å². The molecule has 0 aromatic heterocycles. The molecule has 0 bridgehead atoms. The number of amides is 1. The smallest absolute Gasteiger partial charge is 0.329 e. The summed E-state index contributed by atoms with van der Waals surface area (Å²) in [5.41, 5.74) is -1.34. The molecule has 1 aromatic carbocycles. The third-order valence-electron chi connectivity index (χ3n) is 4.12. The number of hydrogen-bond acceptors (Lipinski definition) is 4. The zero-order chi connectivity index (χ0) is 19.4. The van der Waals surface area contributed by atoms with Gasteiger partial charge in [0.15, 0.2) is 0 Å². The Morgan fingerprint density at radius 3 is 2.16 bits per heavy atom. The van der Waals surface area contributed by atoms with Crippen molar-refractivity contribution in [1.82, 2.24) is 9.21 Å². The van der Waals surface area contributed by atoms with Gasteiger partial charge in [0, 0.05) is 27.1 Å². The molecule has 25 heavy (non-hydrogen) atoms. The summed E-state index contributed by atoms with van der Waals surface area (Å²) in [6.45, 7) is 2.91. The number of nitrogens with zero attached hydrogens (tertiary/aromatic N) is 2. The molecule has 0 saturated heterocycles. The van der Waals surface area contributed by atoms with Crippen molar-refractivity contribution in [2.75, 3.05) is 20.6 Å². The van der Waals surface area contributed by atoms with Crippen molar-refractivity contribution in [2.45, 2.75) is 37.1 Å². The molecule has 0 unspecified atom stereocenters. The summed E-state index contributed by atoms with van der Waals surface area (Å²) < 4.78 is 38.6. The van der Waals surface area contributed by atoms with E-state index in [0.29, 0.717) is 0 Å². The maximum Gasteiger partial charge on any atom is 0.329 e. The Labute approximate surface area is 147 Å². The molecular weight excluding hydrogens is 351 g/mol. The van der Waals surface area contributed by atoms with Crippen LogP contribution in [0.5, 0.6) is 0 Å². The lowest BCUT2D eigenvalue weighted by Gasteiger charge is -2.31. The summed E-state index contributed by atoms with van der Waals surface area (Å²) in [4.78, 5) is 24.3. The van der Waals surface area contributed by atoms with Gasteiger partial charge in [-0.05, 0) is 44.5 Å². The minimum Gasteiger partial charge on any atom is -0.480 e. The van der Waals surface area contributed by atoms with Crippen LogP contribution >= 0.6 is 0 Å². The molecule has 0 radical (unpaired) electrons. The van der Waals surface area contributed by atoms with Gasteiger partial charge in [-0.1, -0.05) is 0 Å². The van der Waals surface area contributed by atoms with Gasteiger partial charge in [0.1, 0.15) is 11.4 Å². The first kappa shape index (κ1) is 21.0. The second kappa shape index (κ2) is 7.92. The van der Waals surface area contributed by atoms with Crippen molar-refractivity contribution in [3.63, 3.8) is 0 Å². The van der Waals surface area contributed by atoms with Crippen LogP contribution in [-0.2, 0) is 19.6 Å². The lowest BCUT2D eigenvalue weighted by molar-refractivity contribution is -0.155. The minimum absolute atomic E-state index is 0.0104. The predicted octanol–water partition coefficient (Wildman–Crippen LogP) is 1.55. The second-order valence-electron chi connectivity index (χ2n) is 6.20. The van der Waals surface area contributed by atoms with Gasteiger partial charge in [0.05, 0.1) is 4.90 Å². The number of carboxylic acid groups (broad SMARTS) is 1. The fourth-order valence-corrected chi connectivity index (χ4v) is 3.19. The van der Waals surface area contributed by atoms with Crippen LogP contribution < -0.4 is 0 Å². The molecule has 0 aliphatic heterocycles. The van der Waals surface area contributed by atoms with Crippen molar-refractivity contribution < 1.29 is 27.5 Å². The number of benzene rings is 1. The Hall–Kier alpha value is -2.00. The van der Waals surface area contributed by atoms with E-state index in [1.807, 2.05) is 0 Å². The highest BCUT2D eigenvalue weighted by molar-refractivity contribution is 7.89. The highest BCUT2D eigenvalue weighted by Crippen LogP contribution is 2.17. The molecule has 0 aliphatic rings. The van der Waals surface area contributed by atoms with Crippen LogP contribution in [-0.4, -0.2) is 60.8 Å². The summed E-state index contributed by atoms with van der Waals surface area (Å²) in [5, 5.41) is 9.12. The highest BCUT2D eigenvalue weighted by Gasteiger charge is 2.34. The molecular formula is C16H23FN2O5S. The largest absolute Gasteiger partial charge is 0.480 e. The average Bonchev–Trinajstić information content (AvgIpc) is 2.53. The van der Waals surface area contributed by atoms with Crippen molar-refractivity contribution in [3.8, 4) is 0 Å². The van der Waals surface area contributed by atoms with Crippen LogP contribution in [0.3, 0.4) is 0 Å². The van der Waals surface area contributed by atoms with Crippen molar-refractivity contribution in [2.24, 2.45) is 0 Å². The average molecular weight is 374 g/mol. The van der Waals surface area contributed by atoms with Crippen LogP contribution in [0.15, 0.2) is 29.2 Å². The molecule has 0 saturated carbocycles. The van der Waals surface area contributed by atoms with Crippen molar-refractivity contribution >= 4 is 21.9 Å². The maximum absolute atomic E-state index is 12.9. The zero-order valence-corrected chi connectivity index (χ0v) is 15.5. The number of carboxylic acids is 1. The van der Waals surface area contributed by atoms with Crippen LogP contribution in [0, 0.1) is 5.82 Å². The molecule has 0 heterocycles. The molecule has 0 spiro atoms. The quantitative estimate of drug-likeness (QED) is 0.745. The first-order valence-electron chi connectivity index (χ1n) is 7.62. The van der Waals surface area contributed by atoms with E-state index < -0.39 is 27.3 Å². The zero-order valence-electron chi connectivity index (χ0n) is 14.7. The highest BCUT2D eigenvalue weighted by atomic mass is 32.2. The van der Waals surface area contributed by atoms with Crippen molar-refractivity contribution in [1.29, 1.82) is 0 Å². The van der Waals surface area contributed by atoms with Gasteiger partial charge in [0.25, 0.3) is 0 Å². The number of likely N-dealkylation sites (N-methyl/N-ethyl adjacent to an activating group) is 1. The van der Waals surface area contributed by atoms with E-state index in [4.69, 9.17) is 5.11 Å². The topological polar surface area (TPSA) is 95.0 Å². The summed E-state index contributed by atoms with van der Waals surface area (Å²) in [6.07, 6.45) is 0.242. The fraction of sp³-hybridized carbons (Fsp3) is 0.500. The summed E-state index contributed by atoms with van der Waals surface area (Å²) in [6, 6.07) is 4.48. The molecule has 9 heteroatoms. The number of carbonyl (C=O) groups is 2. The molecule has 0 aliphatic carbocycles. The predicted molar refractivity (Wildman–Crippen MR) is 89.9 cm³/mol. The van der Waals surface area contributed by atoms with Crippen LogP contribution in [0.1, 0.15) is 26.7 Å². The monoisotopic (exact) mass is 374 g/mol. The molecule has 1 rings (SSSR count). The third kappa shape index (κ3) is 4.99. The number of rotatable bonds is 8. The molecule has 1 aromatic rings. The van der Waals surface area contributed by atoms with E-state index >= 15 is 0 Å². The Balaban J connectivity index is 2.65. The SMILES string of the molecule is CN(C(=O)CCCN(C)S(=O)(=O)c1ccc(F)cc1)C(C)(C)C(=O)O. The lowest BCUT2D eigenvalue weighted by Crippen LogP contribution is -2.50. The van der Waals surface area contributed by atoms with Crippen LogP contribution in [0.25, 0.3) is 0 Å². The molecule has 0 atom stereocenters. The van der Waals surface area contributed by atoms with E-state index in [0.717, 1.165) is 21.3 Å². The Kier molecular flexibility index (Phi) is 6.67. The Morgan fingerprint density at radius 1 is 1.16 bits per heavy atom. The third-order valence-corrected chi connectivity index (χ3v) is 5.99. The summed E-state index contributed by atoms with van der Waals surface area (Å²) in [5.74, 6) is -2.05. The van der Waals surface area contributed by atoms with Gasteiger partial charge >= 0.3 is 5.97 Å². The second-order valence-corrected chi connectivity index (χ2v) is 8.25. The van der Waals surface area contributed by atoms with Gasteiger partial charge in [-0.15, -0.1) is 0 Å². The maximum atomic E-state index is 12.9. The summed E-state index contributed by atoms with van der Waals surface area (Å²) in [7, 11) is -1.00. The van der Waals surface area contributed by atoms with Gasteiger partial charge in [-0.3, -0.25) is 4.79 Å². The first-order valence-corrected chi connectivity index (χ1v) is 9.06. The van der Waals surface area contributed by atoms with E-state index in [9.17, 15) is 22.4 Å². The normalized spacial score (nSPS) is 12.2. The number of carbonyl (C=O) groups excluding carboxylic acids is 1.